The first kappa shape index (κ1) is 27.0. The Morgan fingerprint density at radius 3 is 2.42 bits per heavy atom. The van der Waals surface area contributed by atoms with Gasteiger partial charge in [-0.3, -0.25) is 19.5 Å². The highest BCUT2D eigenvalue weighted by Crippen LogP contribution is 2.31. The first-order valence-electron chi connectivity index (χ1n) is 11.9. The number of aromatic nitrogens is 2. The number of hydrogen-bond donors (Lipinski definition) is 2. The van der Waals surface area contributed by atoms with Crippen molar-refractivity contribution in [3.63, 3.8) is 0 Å². The maximum absolute atomic E-state index is 12.9. The van der Waals surface area contributed by atoms with Crippen molar-refractivity contribution >= 4 is 23.3 Å². The summed E-state index contributed by atoms with van der Waals surface area (Å²) in [6, 6.07) is 11.0. The number of carbonyl (C=O) groups is 2. The maximum atomic E-state index is 12.9. The predicted octanol–water partition coefficient (Wildman–Crippen LogP) is 3.79. The molecule has 1 fully saturated rings. The van der Waals surface area contributed by atoms with Gasteiger partial charge in [-0.05, 0) is 38.2 Å². The molecule has 4 rings (SSSR count). The minimum atomic E-state index is -4.98. The van der Waals surface area contributed by atoms with Gasteiger partial charge in [-0.25, -0.2) is 4.98 Å². The van der Waals surface area contributed by atoms with Crippen molar-refractivity contribution in [1.82, 2.24) is 19.8 Å². The van der Waals surface area contributed by atoms with Crippen LogP contribution in [0.25, 0.3) is 11.3 Å². The van der Waals surface area contributed by atoms with E-state index in [-0.39, 0.29) is 23.6 Å². The number of rotatable bonds is 7. The lowest BCUT2D eigenvalue weighted by molar-refractivity contribution is -0.274. The predicted molar refractivity (Wildman–Crippen MR) is 136 cm³/mol. The van der Waals surface area contributed by atoms with Gasteiger partial charge in [0, 0.05) is 37.3 Å². The lowest BCUT2D eigenvalue weighted by atomic mass is 10.1. The van der Waals surface area contributed by atoms with Gasteiger partial charge >= 0.3 is 6.36 Å². The standard InChI is InChI=1S/C26H27F3N6O3/c1-17-4-3-5-18(12-17)21-14-31-23(15-30-21)33-25(37)19-6-7-22(38-26(27,28)29)20(13-19)32-24(36)16-35-10-8-34(2)9-11-35/h3-7,12-15H,8-11,16H2,1-2H3,(H,32,36)(H,31,33,37). The molecule has 2 amide bonds. The van der Waals surface area contributed by atoms with Crippen LogP contribution in [-0.2, 0) is 4.79 Å². The van der Waals surface area contributed by atoms with E-state index in [1.54, 1.807) is 0 Å². The van der Waals surface area contributed by atoms with Gasteiger partial charge in [0.2, 0.25) is 5.91 Å². The van der Waals surface area contributed by atoms with Crippen LogP contribution in [0.4, 0.5) is 24.7 Å². The molecular formula is C26H27F3N6O3. The molecule has 0 radical (unpaired) electrons. The smallest absolute Gasteiger partial charge is 0.404 e. The molecule has 2 aromatic carbocycles. The van der Waals surface area contributed by atoms with Gasteiger partial charge < -0.3 is 20.3 Å². The monoisotopic (exact) mass is 528 g/mol. The number of amides is 2. The molecule has 3 aromatic rings. The van der Waals surface area contributed by atoms with Crippen molar-refractivity contribution in [3.8, 4) is 17.0 Å². The van der Waals surface area contributed by atoms with E-state index in [0.717, 1.165) is 36.3 Å². The molecule has 1 aromatic heterocycles. The van der Waals surface area contributed by atoms with Gasteiger partial charge in [0.15, 0.2) is 11.6 Å². The number of alkyl halides is 3. The maximum Gasteiger partial charge on any atom is 0.573 e. The van der Waals surface area contributed by atoms with Crippen LogP contribution in [0, 0.1) is 6.92 Å². The van der Waals surface area contributed by atoms with E-state index < -0.39 is 23.9 Å². The van der Waals surface area contributed by atoms with E-state index in [2.05, 4.69) is 30.2 Å². The highest BCUT2D eigenvalue weighted by Gasteiger charge is 2.32. The molecule has 2 heterocycles. The number of halogens is 3. The minimum absolute atomic E-state index is 0.000942. The summed E-state index contributed by atoms with van der Waals surface area (Å²) in [5.41, 5.74) is 2.28. The van der Waals surface area contributed by atoms with Gasteiger partial charge in [0.25, 0.3) is 5.91 Å². The number of hydrogen-bond acceptors (Lipinski definition) is 7. The SMILES string of the molecule is Cc1cccc(-c2cnc(NC(=O)c3ccc(OC(F)(F)F)c(NC(=O)CN4CCN(C)CC4)c3)cn2)c1. The van der Waals surface area contributed by atoms with Crippen molar-refractivity contribution in [2.45, 2.75) is 13.3 Å². The molecule has 0 bridgehead atoms. The van der Waals surface area contributed by atoms with Crippen LogP contribution >= 0.6 is 0 Å². The Hall–Kier alpha value is -4.03. The summed E-state index contributed by atoms with van der Waals surface area (Å²) in [6.45, 7) is 4.82. The molecule has 38 heavy (non-hydrogen) atoms. The Morgan fingerprint density at radius 1 is 1.00 bits per heavy atom. The van der Waals surface area contributed by atoms with Crippen LogP contribution in [0.1, 0.15) is 15.9 Å². The van der Waals surface area contributed by atoms with E-state index in [0.29, 0.717) is 18.8 Å². The van der Waals surface area contributed by atoms with Crippen LogP contribution in [0.2, 0.25) is 0 Å². The second kappa shape index (κ2) is 11.6. The second-order valence-electron chi connectivity index (χ2n) is 9.00. The molecule has 0 aliphatic carbocycles. The minimum Gasteiger partial charge on any atom is -0.404 e. The number of aryl methyl sites for hydroxylation is 1. The number of likely N-dealkylation sites (N-methyl/N-ethyl adjacent to an activating group) is 1. The van der Waals surface area contributed by atoms with E-state index in [1.165, 1.54) is 18.5 Å². The van der Waals surface area contributed by atoms with E-state index in [1.807, 2.05) is 43.1 Å². The summed E-state index contributed by atoms with van der Waals surface area (Å²) in [4.78, 5) is 38.0. The van der Waals surface area contributed by atoms with Crippen molar-refractivity contribution in [3.05, 3.63) is 66.0 Å². The highest BCUT2D eigenvalue weighted by atomic mass is 19.4. The van der Waals surface area contributed by atoms with Crippen molar-refractivity contribution < 1.29 is 27.5 Å². The fourth-order valence-corrected chi connectivity index (χ4v) is 3.92. The number of piperazine rings is 1. The molecule has 1 aliphatic heterocycles. The van der Waals surface area contributed by atoms with Crippen LogP contribution in [0.3, 0.4) is 0 Å². The zero-order valence-corrected chi connectivity index (χ0v) is 20.9. The average molecular weight is 529 g/mol. The van der Waals surface area contributed by atoms with Crippen LogP contribution < -0.4 is 15.4 Å². The van der Waals surface area contributed by atoms with Crippen LogP contribution in [0.5, 0.6) is 5.75 Å². The van der Waals surface area contributed by atoms with Crippen LogP contribution in [-0.4, -0.2) is 77.7 Å². The Bertz CT molecular complexity index is 1290. The van der Waals surface area contributed by atoms with Gasteiger partial charge in [0.05, 0.1) is 30.3 Å². The number of nitrogens with zero attached hydrogens (tertiary/aromatic N) is 4. The molecule has 0 unspecified atom stereocenters. The molecule has 2 N–H and O–H groups in total. The third-order valence-electron chi connectivity index (χ3n) is 5.91. The quantitative estimate of drug-likeness (QED) is 0.482. The number of benzene rings is 2. The summed E-state index contributed by atoms with van der Waals surface area (Å²) in [6.07, 6.45) is -2.08. The summed E-state index contributed by atoms with van der Waals surface area (Å²) < 4.78 is 42.9. The van der Waals surface area contributed by atoms with Gasteiger partial charge in [0.1, 0.15) is 0 Å². The molecule has 1 saturated heterocycles. The Morgan fingerprint density at radius 2 is 1.76 bits per heavy atom. The summed E-state index contributed by atoms with van der Waals surface area (Å²) in [5.74, 6) is -1.63. The zero-order chi connectivity index (χ0) is 27.3. The lowest BCUT2D eigenvalue weighted by Crippen LogP contribution is -2.47. The number of nitrogens with one attached hydrogen (secondary N) is 2. The molecule has 9 nitrogen and oxygen atoms in total. The first-order chi connectivity index (χ1) is 18.1. The first-order valence-corrected chi connectivity index (χ1v) is 11.9. The lowest BCUT2D eigenvalue weighted by Gasteiger charge is -2.31. The second-order valence-corrected chi connectivity index (χ2v) is 9.00. The van der Waals surface area contributed by atoms with Crippen molar-refractivity contribution in [2.24, 2.45) is 0 Å². The Kier molecular flexibility index (Phi) is 8.23. The number of anilines is 2. The van der Waals surface area contributed by atoms with Gasteiger partial charge in [-0.15, -0.1) is 13.2 Å². The molecule has 0 saturated carbocycles. The molecular weight excluding hydrogens is 501 g/mol. The van der Waals surface area contributed by atoms with Crippen LogP contribution in [0.15, 0.2) is 54.9 Å². The van der Waals surface area contributed by atoms with Crippen molar-refractivity contribution in [1.29, 1.82) is 0 Å². The molecule has 0 spiro atoms. The largest absolute Gasteiger partial charge is 0.573 e. The topological polar surface area (TPSA) is 99.7 Å². The molecule has 200 valence electrons. The molecule has 1 aliphatic rings. The zero-order valence-electron chi connectivity index (χ0n) is 20.9. The molecule has 0 atom stereocenters. The van der Waals surface area contributed by atoms with E-state index >= 15 is 0 Å². The fraction of sp³-hybridized carbons (Fsp3) is 0.308. The third-order valence-corrected chi connectivity index (χ3v) is 5.91. The van der Waals surface area contributed by atoms with E-state index in [9.17, 15) is 22.8 Å². The van der Waals surface area contributed by atoms with E-state index in [4.69, 9.17) is 0 Å². The normalized spacial score (nSPS) is 14.7. The highest BCUT2D eigenvalue weighted by molar-refractivity contribution is 6.05. The van der Waals surface area contributed by atoms with Gasteiger partial charge in [-0.1, -0.05) is 23.8 Å². The summed E-state index contributed by atoms with van der Waals surface area (Å²) >= 11 is 0. The van der Waals surface area contributed by atoms with Gasteiger partial charge in [-0.2, -0.15) is 0 Å². The molecule has 12 heteroatoms. The number of carbonyl (C=O) groups excluding carboxylic acids is 2. The average Bonchev–Trinajstić information content (AvgIpc) is 2.86. The summed E-state index contributed by atoms with van der Waals surface area (Å²) in [7, 11) is 1.97. The third kappa shape index (κ3) is 7.49. The number of ether oxygens (including phenoxy) is 1. The summed E-state index contributed by atoms with van der Waals surface area (Å²) in [5, 5.41) is 5.02. The van der Waals surface area contributed by atoms with Crippen molar-refractivity contribution in [2.75, 3.05) is 50.4 Å². The fourth-order valence-electron chi connectivity index (χ4n) is 3.92. The Balaban J connectivity index is 1.47. The Labute approximate surface area is 217 Å².